The first-order valence-electron chi connectivity index (χ1n) is 5.22. The van der Waals surface area contributed by atoms with E-state index in [2.05, 4.69) is 31.2 Å². The van der Waals surface area contributed by atoms with Crippen molar-refractivity contribution in [1.29, 1.82) is 5.26 Å². The summed E-state index contributed by atoms with van der Waals surface area (Å²) in [5.74, 6) is -0.105. The van der Waals surface area contributed by atoms with E-state index in [4.69, 9.17) is 10.00 Å². The Morgan fingerprint density at radius 1 is 1.47 bits per heavy atom. The van der Waals surface area contributed by atoms with Crippen LogP contribution in [0.25, 0.3) is 0 Å². The summed E-state index contributed by atoms with van der Waals surface area (Å²) < 4.78 is 19.5. The minimum Gasteiger partial charge on any atom is -0.435 e. The summed E-state index contributed by atoms with van der Waals surface area (Å²) in [6.45, 7) is 0. The van der Waals surface area contributed by atoms with Crippen LogP contribution in [-0.2, 0) is 0 Å². The van der Waals surface area contributed by atoms with Crippen molar-refractivity contribution < 1.29 is 9.13 Å². The third-order valence-corrected chi connectivity index (χ3v) is 2.75. The Labute approximate surface area is 117 Å². The number of hydrogen-bond donors (Lipinski definition) is 1. The van der Waals surface area contributed by atoms with Crippen LogP contribution >= 0.6 is 15.9 Å². The predicted molar refractivity (Wildman–Crippen MR) is 70.5 cm³/mol. The molecule has 0 saturated carbocycles. The van der Waals surface area contributed by atoms with Crippen LogP contribution in [0, 0.1) is 17.1 Å². The molecule has 0 aliphatic carbocycles. The second-order valence-electron chi connectivity index (χ2n) is 3.46. The van der Waals surface area contributed by atoms with Crippen molar-refractivity contribution in [3.05, 3.63) is 40.2 Å². The van der Waals surface area contributed by atoms with Gasteiger partial charge in [0.05, 0.1) is 22.3 Å². The molecule has 2 rings (SSSR count). The van der Waals surface area contributed by atoms with E-state index >= 15 is 0 Å². The van der Waals surface area contributed by atoms with Gasteiger partial charge in [0.1, 0.15) is 0 Å². The van der Waals surface area contributed by atoms with Crippen LogP contribution in [0.15, 0.2) is 28.9 Å². The van der Waals surface area contributed by atoms with Crippen LogP contribution < -0.4 is 10.1 Å². The summed E-state index contributed by atoms with van der Waals surface area (Å²) in [5, 5.41) is 11.4. The molecule has 1 aromatic heterocycles. The lowest BCUT2D eigenvalue weighted by Crippen LogP contribution is -1.99. The van der Waals surface area contributed by atoms with Gasteiger partial charge < -0.3 is 10.1 Å². The summed E-state index contributed by atoms with van der Waals surface area (Å²) in [6.07, 6.45) is 1.50. The van der Waals surface area contributed by atoms with Crippen LogP contribution in [0.3, 0.4) is 0 Å². The number of anilines is 1. The number of ether oxygens (including phenoxy) is 1. The lowest BCUT2D eigenvalue weighted by molar-refractivity contribution is 0.424. The number of nitriles is 1. The molecular weight excluding hydrogens is 315 g/mol. The maximum absolute atomic E-state index is 13.7. The number of halogens is 2. The normalized spacial score (nSPS) is 9.79. The van der Waals surface area contributed by atoms with Gasteiger partial charge in [-0.15, -0.1) is 0 Å². The van der Waals surface area contributed by atoms with Gasteiger partial charge in [0.2, 0.25) is 11.8 Å². The summed E-state index contributed by atoms with van der Waals surface area (Å²) in [7, 11) is 1.66. The lowest BCUT2D eigenvalue weighted by atomic mass is 10.2. The van der Waals surface area contributed by atoms with Crippen molar-refractivity contribution >= 4 is 21.9 Å². The molecule has 19 heavy (non-hydrogen) atoms. The fourth-order valence-electron chi connectivity index (χ4n) is 1.30. The van der Waals surface area contributed by atoms with Gasteiger partial charge in [-0.2, -0.15) is 10.2 Å². The monoisotopic (exact) mass is 322 g/mol. The van der Waals surface area contributed by atoms with Crippen LogP contribution in [0.2, 0.25) is 0 Å². The van der Waals surface area contributed by atoms with Crippen LogP contribution in [0.5, 0.6) is 11.6 Å². The second kappa shape index (κ2) is 5.63. The molecule has 2 aromatic rings. The van der Waals surface area contributed by atoms with Crippen LogP contribution in [0.4, 0.5) is 10.3 Å². The molecule has 0 unspecified atom stereocenters. The summed E-state index contributed by atoms with van der Waals surface area (Å²) in [4.78, 5) is 8.01. The van der Waals surface area contributed by atoms with Crippen molar-refractivity contribution in [1.82, 2.24) is 9.97 Å². The standard InChI is InChI=1S/C12H8BrFN4O/c1-16-12-17-6-8(13)11(18-12)19-10-3-2-7(5-15)4-9(10)14/h2-4,6H,1H3,(H,16,17,18). The zero-order valence-electron chi connectivity index (χ0n) is 9.82. The predicted octanol–water partition coefficient (Wildman–Crippen LogP) is 3.08. The molecule has 0 bridgehead atoms. The van der Waals surface area contributed by atoms with Gasteiger partial charge in [0, 0.05) is 7.05 Å². The molecule has 7 heteroatoms. The largest absolute Gasteiger partial charge is 0.435 e. The van der Waals surface area contributed by atoms with E-state index in [1.54, 1.807) is 7.05 Å². The van der Waals surface area contributed by atoms with E-state index in [9.17, 15) is 4.39 Å². The highest BCUT2D eigenvalue weighted by Crippen LogP contribution is 2.29. The third kappa shape index (κ3) is 2.98. The maximum atomic E-state index is 13.7. The number of aromatic nitrogens is 2. The summed E-state index contributed by atoms with van der Waals surface area (Å²) >= 11 is 3.22. The fraction of sp³-hybridized carbons (Fsp3) is 0.0833. The van der Waals surface area contributed by atoms with Gasteiger partial charge in [0.15, 0.2) is 11.6 Å². The third-order valence-electron chi connectivity index (χ3n) is 2.20. The zero-order valence-corrected chi connectivity index (χ0v) is 11.4. The Morgan fingerprint density at radius 3 is 2.89 bits per heavy atom. The average Bonchev–Trinajstić information content (AvgIpc) is 2.43. The van der Waals surface area contributed by atoms with Crippen LogP contribution in [-0.4, -0.2) is 17.0 Å². The molecule has 0 amide bonds. The second-order valence-corrected chi connectivity index (χ2v) is 4.31. The Morgan fingerprint density at radius 2 is 2.26 bits per heavy atom. The molecule has 0 atom stereocenters. The molecule has 0 saturated heterocycles. The van der Waals surface area contributed by atoms with Crippen LogP contribution in [0.1, 0.15) is 5.56 Å². The molecule has 1 heterocycles. The van der Waals surface area contributed by atoms with Gasteiger partial charge in [-0.05, 0) is 34.1 Å². The average molecular weight is 323 g/mol. The van der Waals surface area contributed by atoms with Crippen molar-refractivity contribution in [3.63, 3.8) is 0 Å². The Kier molecular flexibility index (Phi) is 3.92. The molecule has 1 N–H and O–H groups in total. The van der Waals surface area contributed by atoms with E-state index in [1.165, 1.54) is 18.3 Å². The molecule has 5 nitrogen and oxygen atoms in total. The number of hydrogen-bond acceptors (Lipinski definition) is 5. The van der Waals surface area contributed by atoms with Crippen molar-refractivity contribution in [2.75, 3.05) is 12.4 Å². The molecule has 1 aromatic carbocycles. The minimum atomic E-state index is -0.629. The zero-order chi connectivity index (χ0) is 13.8. The Hall–Kier alpha value is -2.20. The molecule has 0 aliphatic heterocycles. The van der Waals surface area contributed by atoms with Gasteiger partial charge in [0.25, 0.3) is 0 Å². The van der Waals surface area contributed by atoms with Crippen molar-refractivity contribution in [2.45, 2.75) is 0 Å². The number of nitrogens with one attached hydrogen (secondary N) is 1. The highest BCUT2D eigenvalue weighted by atomic mass is 79.9. The topological polar surface area (TPSA) is 70.8 Å². The lowest BCUT2D eigenvalue weighted by Gasteiger charge is -2.08. The van der Waals surface area contributed by atoms with E-state index in [0.29, 0.717) is 10.4 Å². The van der Waals surface area contributed by atoms with E-state index in [0.717, 1.165) is 6.07 Å². The van der Waals surface area contributed by atoms with Gasteiger partial charge in [-0.25, -0.2) is 9.37 Å². The SMILES string of the molecule is CNc1ncc(Br)c(Oc2ccc(C#N)cc2F)n1. The van der Waals surface area contributed by atoms with Gasteiger partial charge in [-0.1, -0.05) is 0 Å². The van der Waals surface area contributed by atoms with E-state index in [1.807, 2.05) is 6.07 Å². The highest BCUT2D eigenvalue weighted by molar-refractivity contribution is 9.10. The molecular formula is C12H8BrFN4O. The maximum Gasteiger partial charge on any atom is 0.238 e. The quantitative estimate of drug-likeness (QED) is 0.940. The molecule has 0 spiro atoms. The van der Waals surface area contributed by atoms with Crippen molar-refractivity contribution in [2.24, 2.45) is 0 Å². The summed E-state index contributed by atoms with van der Waals surface area (Å²) in [6, 6.07) is 5.79. The first kappa shape index (κ1) is 13.2. The highest BCUT2D eigenvalue weighted by Gasteiger charge is 2.11. The minimum absolute atomic E-state index is 0.0135. The first-order chi connectivity index (χ1) is 9.13. The Balaban J connectivity index is 2.33. The molecule has 0 aliphatic rings. The van der Waals surface area contributed by atoms with E-state index < -0.39 is 5.82 Å². The smallest absolute Gasteiger partial charge is 0.238 e. The number of rotatable bonds is 3. The molecule has 96 valence electrons. The number of nitrogens with zero attached hydrogens (tertiary/aromatic N) is 3. The van der Waals surface area contributed by atoms with Gasteiger partial charge >= 0.3 is 0 Å². The Bertz CT molecular complexity index is 657. The fourth-order valence-corrected chi connectivity index (χ4v) is 1.57. The van der Waals surface area contributed by atoms with E-state index in [-0.39, 0.29) is 17.2 Å². The molecule has 0 fully saturated rings. The van der Waals surface area contributed by atoms with Crippen molar-refractivity contribution in [3.8, 4) is 17.7 Å². The first-order valence-corrected chi connectivity index (χ1v) is 6.01. The number of benzene rings is 1. The molecule has 0 radical (unpaired) electrons. The van der Waals surface area contributed by atoms with Gasteiger partial charge in [-0.3, -0.25) is 0 Å². The summed E-state index contributed by atoms with van der Waals surface area (Å²) in [5.41, 5.74) is 0.225.